The van der Waals surface area contributed by atoms with Crippen LogP contribution in [0.15, 0.2) is 30.3 Å². The average molecular weight is 365 g/mol. The number of hydrogen-bond donors (Lipinski definition) is 2. The third-order valence-corrected chi connectivity index (χ3v) is 3.97. The molecule has 7 nitrogen and oxygen atoms in total. The van der Waals surface area contributed by atoms with Gasteiger partial charge < -0.3 is 24.6 Å². The Bertz CT molecular complexity index is 598. The van der Waals surface area contributed by atoms with Crippen molar-refractivity contribution >= 4 is 12.1 Å². The summed E-state index contributed by atoms with van der Waals surface area (Å²) in [6, 6.07) is 9.32. The van der Waals surface area contributed by atoms with Gasteiger partial charge in [0.1, 0.15) is 12.7 Å². The Balaban J connectivity index is 1.76. The first-order valence-electron chi connectivity index (χ1n) is 8.75. The van der Waals surface area contributed by atoms with E-state index in [4.69, 9.17) is 14.2 Å². The fourth-order valence-corrected chi connectivity index (χ4v) is 2.37. The quantitative estimate of drug-likeness (QED) is 0.778. The van der Waals surface area contributed by atoms with Crippen molar-refractivity contribution in [3.8, 4) is 0 Å². The molecule has 2 rings (SSSR count). The maximum atomic E-state index is 12.0. The van der Waals surface area contributed by atoms with Crippen LogP contribution in [0.25, 0.3) is 0 Å². The Morgan fingerprint density at radius 3 is 2.58 bits per heavy atom. The number of carbonyl (C=O) groups is 2. The molecule has 0 aliphatic carbocycles. The summed E-state index contributed by atoms with van der Waals surface area (Å²) in [5.41, 5.74) is 0.250. The molecule has 1 aromatic carbocycles. The predicted molar refractivity (Wildman–Crippen MR) is 94.1 cm³/mol. The molecule has 144 valence electrons. The number of benzene rings is 1. The average Bonchev–Trinajstić information content (AvgIpc) is 2.60. The number of rotatable bonds is 5. The molecule has 26 heavy (non-hydrogen) atoms. The first-order valence-corrected chi connectivity index (χ1v) is 8.75. The van der Waals surface area contributed by atoms with Gasteiger partial charge >= 0.3 is 12.1 Å². The van der Waals surface area contributed by atoms with Crippen molar-refractivity contribution in [1.82, 2.24) is 5.32 Å². The number of carbonyl (C=O) groups excluding carboxylic acids is 2. The van der Waals surface area contributed by atoms with Crippen LogP contribution in [0.3, 0.4) is 0 Å². The van der Waals surface area contributed by atoms with E-state index < -0.39 is 30.0 Å². The summed E-state index contributed by atoms with van der Waals surface area (Å²) >= 11 is 0. The lowest BCUT2D eigenvalue weighted by atomic mass is 9.97. The van der Waals surface area contributed by atoms with Crippen LogP contribution in [-0.2, 0) is 25.6 Å². The van der Waals surface area contributed by atoms with E-state index in [1.807, 2.05) is 30.3 Å². The highest BCUT2D eigenvalue weighted by Gasteiger charge is 2.34. The monoisotopic (exact) mass is 365 g/mol. The van der Waals surface area contributed by atoms with Gasteiger partial charge in [-0.15, -0.1) is 0 Å². The van der Waals surface area contributed by atoms with Crippen molar-refractivity contribution in [3.05, 3.63) is 35.9 Å². The van der Waals surface area contributed by atoms with Gasteiger partial charge in [-0.2, -0.15) is 0 Å². The maximum Gasteiger partial charge on any atom is 0.407 e. The number of nitrogens with one attached hydrogen (secondary N) is 1. The van der Waals surface area contributed by atoms with Crippen LogP contribution in [-0.4, -0.2) is 42.2 Å². The second-order valence-electron chi connectivity index (χ2n) is 7.35. The summed E-state index contributed by atoms with van der Waals surface area (Å²) in [4.78, 5) is 23.8. The number of ether oxygens (including phenoxy) is 3. The van der Waals surface area contributed by atoms with E-state index in [1.54, 1.807) is 20.8 Å². The van der Waals surface area contributed by atoms with Crippen LogP contribution in [0.1, 0.15) is 39.2 Å². The molecule has 1 fully saturated rings. The van der Waals surface area contributed by atoms with E-state index in [0.29, 0.717) is 12.8 Å². The van der Waals surface area contributed by atoms with Gasteiger partial charge in [0, 0.05) is 13.0 Å². The summed E-state index contributed by atoms with van der Waals surface area (Å²) in [5.74, 6) is -0.368. The Kier molecular flexibility index (Phi) is 6.99. The highest BCUT2D eigenvalue weighted by Crippen LogP contribution is 2.24. The molecule has 0 aromatic heterocycles. The van der Waals surface area contributed by atoms with Crippen LogP contribution in [0.4, 0.5) is 4.79 Å². The van der Waals surface area contributed by atoms with Gasteiger partial charge in [0.05, 0.1) is 11.5 Å². The van der Waals surface area contributed by atoms with Gasteiger partial charge in [0.25, 0.3) is 0 Å². The maximum absolute atomic E-state index is 12.0. The molecule has 0 saturated carbocycles. The molecule has 1 saturated heterocycles. The molecular formula is C19H27NO6. The molecule has 2 N–H and O–H groups in total. The van der Waals surface area contributed by atoms with Gasteiger partial charge in [0.15, 0.2) is 0 Å². The van der Waals surface area contributed by atoms with Gasteiger partial charge in [-0.05, 0) is 32.8 Å². The molecule has 1 aromatic rings. The number of esters is 1. The van der Waals surface area contributed by atoms with Crippen LogP contribution < -0.4 is 5.32 Å². The minimum atomic E-state index is -0.742. The fourth-order valence-electron chi connectivity index (χ4n) is 2.37. The Morgan fingerprint density at radius 2 is 1.92 bits per heavy atom. The lowest BCUT2D eigenvalue weighted by Crippen LogP contribution is -2.47. The summed E-state index contributed by atoms with van der Waals surface area (Å²) < 4.78 is 16.1. The molecule has 1 heterocycles. The Morgan fingerprint density at radius 1 is 1.23 bits per heavy atom. The summed E-state index contributed by atoms with van der Waals surface area (Å²) in [6.07, 6.45) is -1.89. The fraction of sp³-hybridized carbons (Fsp3) is 0.579. The van der Waals surface area contributed by atoms with E-state index in [2.05, 4.69) is 5.32 Å². The first kappa shape index (κ1) is 20.2. The molecule has 0 bridgehead atoms. The number of aliphatic hydroxyl groups excluding tert-OH is 1. The van der Waals surface area contributed by atoms with Crippen LogP contribution in [0.2, 0.25) is 0 Å². The van der Waals surface area contributed by atoms with Crippen molar-refractivity contribution < 1.29 is 28.9 Å². The lowest BCUT2D eigenvalue weighted by Gasteiger charge is -2.34. The predicted octanol–water partition coefficient (Wildman–Crippen LogP) is 2.37. The van der Waals surface area contributed by atoms with Crippen molar-refractivity contribution in [2.45, 2.75) is 58.7 Å². The molecule has 0 radical (unpaired) electrons. The van der Waals surface area contributed by atoms with Crippen LogP contribution >= 0.6 is 0 Å². The molecular weight excluding hydrogens is 338 g/mol. The lowest BCUT2D eigenvalue weighted by molar-refractivity contribution is -0.225. The van der Waals surface area contributed by atoms with Crippen molar-refractivity contribution in [1.29, 1.82) is 0 Å². The van der Waals surface area contributed by atoms with Crippen molar-refractivity contribution in [2.24, 2.45) is 5.41 Å². The number of amides is 1. The SMILES string of the molecule is CC(C)(C)C(=O)O[C@@H]1CC[C@@H](O)[C@@H](CNC(=O)OCc2ccccc2)O1. The van der Waals surface area contributed by atoms with Crippen LogP contribution in [0, 0.1) is 5.41 Å². The highest BCUT2D eigenvalue weighted by atomic mass is 16.7. The van der Waals surface area contributed by atoms with Gasteiger partial charge in [-0.25, -0.2) is 4.79 Å². The number of alkyl carbamates (subject to hydrolysis) is 1. The van der Waals surface area contributed by atoms with Gasteiger partial charge in [0.2, 0.25) is 6.29 Å². The number of aliphatic hydroxyl groups is 1. The second kappa shape index (κ2) is 9.00. The van der Waals surface area contributed by atoms with E-state index >= 15 is 0 Å². The molecule has 0 unspecified atom stereocenters. The van der Waals surface area contributed by atoms with E-state index in [-0.39, 0.29) is 19.1 Å². The van der Waals surface area contributed by atoms with E-state index in [1.165, 1.54) is 0 Å². The normalized spacial score (nSPS) is 23.2. The van der Waals surface area contributed by atoms with Crippen LogP contribution in [0.5, 0.6) is 0 Å². The molecule has 1 aliphatic rings. The van der Waals surface area contributed by atoms with Gasteiger partial charge in [-0.3, -0.25) is 4.79 Å². The molecule has 1 aliphatic heterocycles. The summed E-state index contributed by atoms with van der Waals surface area (Å²) in [6.45, 7) is 5.50. The van der Waals surface area contributed by atoms with Gasteiger partial charge in [-0.1, -0.05) is 30.3 Å². The smallest absolute Gasteiger partial charge is 0.407 e. The number of hydrogen-bond acceptors (Lipinski definition) is 6. The standard InChI is InChI=1S/C19H27NO6/c1-19(2,3)17(22)26-16-10-9-14(21)15(25-16)11-20-18(23)24-12-13-7-5-4-6-8-13/h4-8,14-16,21H,9-12H2,1-3H3,(H,20,23)/t14-,15-,16-/m1/s1. The third kappa shape index (κ3) is 6.31. The third-order valence-electron chi connectivity index (χ3n) is 3.97. The summed E-state index contributed by atoms with van der Waals surface area (Å²) in [5, 5.41) is 12.6. The highest BCUT2D eigenvalue weighted by molar-refractivity contribution is 5.75. The topological polar surface area (TPSA) is 94.1 Å². The first-order chi connectivity index (χ1) is 12.3. The van der Waals surface area contributed by atoms with E-state index in [9.17, 15) is 14.7 Å². The van der Waals surface area contributed by atoms with Crippen molar-refractivity contribution in [2.75, 3.05) is 6.54 Å². The summed E-state index contributed by atoms with van der Waals surface area (Å²) in [7, 11) is 0. The molecule has 1 amide bonds. The zero-order valence-corrected chi connectivity index (χ0v) is 15.4. The molecule has 0 spiro atoms. The molecule has 3 atom stereocenters. The second-order valence-corrected chi connectivity index (χ2v) is 7.35. The van der Waals surface area contributed by atoms with E-state index in [0.717, 1.165) is 5.56 Å². The minimum Gasteiger partial charge on any atom is -0.445 e. The van der Waals surface area contributed by atoms with Crippen molar-refractivity contribution in [3.63, 3.8) is 0 Å². The Labute approximate surface area is 153 Å². The zero-order valence-electron chi connectivity index (χ0n) is 15.4. The Hall–Kier alpha value is -2.12. The largest absolute Gasteiger partial charge is 0.445 e. The molecule has 7 heteroatoms. The minimum absolute atomic E-state index is 0.0678. The zero-order chi connectivity index (χ0) is 19.2.